The van der Waals surface area contributed by atoms with Crippen LogP contribution in [0, 0.1) is 0 Å². The molecule has 0 aromatic heterocycles. The molecule has 0 aliphatic carbocycles. The second kappa shape index (κ2) is 57.6. The lowest BCUT2D eigenvalue weighted by Crippen LogP contribution is -2.37. The molecule has 0 N–H and O–H groups in total. The maximum Gasteiger partial charge on any atom is 0.306 e. The van der Waals surface area contributed by atoms with E-state index in [1.165, 1.54) is 57.8 Å². The number of likely N-dealkylation sites (N-methyl/N-ethyl adjacent to an activating group) is 1. The van der Waals surface area contributed by atoms with Gasteiger partial charge in [-0.05, 0) is 122 Å². The van der Waals surface area contributed by atoms with Gasteiger partial charge in [0, 0.05) is 12.8 Å². The molecule has 0 rings (SSSR count). The Morgan fingerprint density at radius 1 is 0.410 bits per heavy atom. The summed E-state index contributed by atoms with van der Waals surface area (Å²) in [6, 6.07) is 0. The lowest BCUT2D eigenvalue weighted by Gasteiger charge is -2.28. The van der Waals surface area contributed by atoms with E-state index in [1.807, 2.05) is 21.1 Å². The van der Waals surface area contributed by atoms with Gasteiger partial charge in [-0.15, -0.1) is 0 Å². The minimum atomic E-state index is -4.66. The first-order chi connectivity index (χ1) is 38.0. The number of hydrogen-bond donors (Lipinski definition) is 0. The van der Waals surface area contributed by atoms with Crippen LogP contribution in [-0.2, 0) is 32.7 Å². The van der Waals surface area contributed by atoms with E-state index in [2.05, 4.69) is 160 Å². The Bertz CT molecular complexity index is 1820. The number of hydrogen-bond acceptors (Lipinski definition) is 8. The van der Waals surface area contributed by atoms with Crippen molar-refractivity contribution < 1.29 is 42.1 Å². The van der Waals surface area contributed by atoms with Crippen LogP contribution in [0.4, 0.5) is 0 Å². The van der Waals surface area contributed by atoms with Crippen LogP contribution in [-0.4, -0.2) is 70.0 Å². The Hall–Kier alpha value is -4.11. The third kappa shape index (κ3) is 61.1. The van der Waals surface area contributed by atoms with Crippen molar-refractivity contribution in [2.75, 3.05) is 47.5 Å². The van der Waals surface area contributed by atoms with Crippen molar-refractivity contribution in [2.45, 2.75) is 225 Å². The Labute approximate surface area is 478 Å². The lowest BCUT2D eigenvalue weighted by molar-refractivity contribution is -0.870. The van der Waals surface area contributed by atoms with Crippen LogP contribution in [0.25, 0.3) is 0 Å². The normalized spacial score (nSPS) is 14.3. The van der Waals surface area contributed by atoms with Crippen LogP contribution in [0.3, 0.4) is 0 Å². The van der Waals surface area contributed by atoms with Crippen molar-refractivity contribution in [3.8, 4) is 0 Å². The molecule has 2 unspecified atom stereocenters. The minimum absolute atomic E-state index is 0.0449. The molecular formula is C68H112NO8P. The highest BCUT2D eigenvalue weighted by atomic mass is 31.2. The number of ether oxygens (including phenoxy) is 2. The van der Waals surface area contributed by atoms with Crippen molar-refractivity contribution in [3.63, 3.8) is 0 Å². The molecule has 0 fully saturated rings. The number of esters is 2. The van der Waals surface area contributed by atoms with Crippen molar-refractivity contribution in [3.05, 3.63) is 146 Å². The molecule has 0 saturated heterocycles. The molecule has 2 atom stereocenters. The molecule has 0 saturated carbocycles. The third-order valence-corrected chi connectivity index (χ3v) is 13.3. The molecular weight excluding hydrogens is 990 g/mol. The molecule has 0 spiro atoms. The number of phosphoric acid groups is 1. The highest BCUT2D eigenvalue weighted by Gasteiger charge is 2.21. The Morgan fingerprint density at radius 3 is 1.09 bits per heavy atom. The summed E-state index contributed by atoms with van der Waals surface area (Å²) in [4.78, 5) is 37.9. The number of rotatable bonds is 54. The summed E-state index contributed by atoms with van der Waals surface area (Å²) < 4.78 is 34.1. The van der Waals surface area contributed by atoms with E-state index >= 15 is 0 Å². The summed E-state index contributed by atoms with van der Waals surface area (Å²) in [5.74, 6) is -0.877. The predicted molar refractivity (Wildman–Crippen MR) is 332 cm³/mol. The maximum absolute atomic E-state index is 12.8. The molecule has 0 aromatic rings. The molecule has 0 aliphatic heterocycles. The smallest absolute Gasteiger partial charge is 0.306 e. The Balaban J connectivity index is 4.25. The molecule has 9 nitrogen and oxygen atoms in total. The zero-order valence-corrected chi connectivity index (χ0v) is 50.9. The zero-order chi connectivity index (χ0) is 57.0. The van der Waals surface area contributed by atoms with Gasteiger partial charge < -0.3 is 27.9 Å². The van der Waals surface area contributed by atoms with E-state index in [9.17, 15) is 19.0 Å². The standard InChI is InChI=1S/C68H112NO8P/c1-6-8-10-12-14-16-18-20-22-24-26-27-28-29-30-31-32-33-34-35-36-37-38-39-40-41-43-45-47-49-51-53-55-57-59-61-68(71)77-66(65-76-78(72,73)75-63-62-69(3,4)5)64-74-67(70)60-58-56-54-52-50-48-46-44-42-25-23-21-19-17-15-13-11-9-7-2/h8,10,14-17,20-23,26-27,29-30,32-33,35-36,38-39,41,43,47,49,66H,6-7,9,11-13,18-19,24-25,28,31,34,37,40,42,44-46,48,50-65H2,1-5H3/b10-8-,16-14-,17-15-,22-20-,23-21-,27-26-,30-29-,33-32-,36-35-,39-38-,43-41-,49-47-. The molecule has 10 heteroatoms. The van der Waals surface area contributed by atoms with Gasteiger partial charge in [0.1, 0.15) is 19.8 Å². The maximum atomic E-state index is 12.8. The monoisotopic (exact) mass is 1100 g/mol. The summed E-state index contributed by atoms with van der Waals surface area (Å²) in [7, 11) is 1.12. The van der Waals surface area contributed by atoms with E-state index in [0.29, 0.717) is 23.9 Å². The van der Waals surface area contributed by atoms with E-state index in [0.717, 1.165) is 122 Å². The van der Waals surface area contributed by atoms with Gasteiger partial charge in [-0.25, -0.2) is 0 Å². The van der Waals surface area contributed by atoms with E-state index in [1.54, 1.807) is 0 Å². The number of carbonyl (C=O) groups is 2. The van der Waals surface area contributed by atoms with Crippen LogP contribution >= 0.6 is 7.82 Å². The van der Waals surface area contributed by atoms with Crippen LogP contribution in [0.15, 0.2) is 146 Å². The Kier molecular flexibility index (Phi) is 54.5. The largest absolute Gasteiger partial charge is 0.756 e. The average molecular weight is 1100 g/mol. The summed E-state index contributed by atoms with van der Waals surface area (Å²) in [5, 5.41) is 0. The van der Waals surface area contributed by atoms with Gasteiger partial charge >= 0.3 is 11.9 Å². The second-order valence-corrected chi connectivity index (χ2v) is 22.4. The van der Waals surface area contributed by atoms with Crippen molar-refractivity contribution in [1.29, 1.82) is 0 Å². The quantitative estimate of drug-likeness (QED) is 0.0195. The summed E-state index contributed by atoms with van der Waals surface area (Å²) >= 11 is 0. The first kappa shape index (κ1) is 73.9. The van der Waals surface area contributed by atoms with Gasteiger partial charge in [-0.1, -0.05) is 230 Å². The van der Waals surface area contributed by atoms with Crippen molar-refractivity contribution >= 4 is 19.8 Å². The molecule has 442 valence electrons. The molecule has 0 heterocycles. The van der Waals surface area contributed by atoms with E-state index < -0.39 is 32.5 Å². The predicted octanol–water partition coefficient (Wildman–Crippen LogP) is 18.8. The van der Waals surface area contributed by atoms with Crippen LogP contribution < -0.4 is 4.89 Å². The van der Waals surface area contributed by atoms with E-state index in [-0.39, 0.29) is 26.1 Å². The zero-order valence-electron chi connectivity index (χ0n) is 50.1. The summed E-state index contributed by atoms with van der Waals surface area (Å²) in [5.41, 5.74) is 0. The molecule has 0 radical (unpaired) electrons. The second-order valence-electron chi connectivity index (χ2n) is 21.0. The number of carbonyl (C=O) groups excluding carboxylic acids is 2. The highest BCUT2D eigenvalue weighted by molar-refractivity contribution is 7.45. The van der Waals surface area contributed by atoms with Gasteiger partial charge in [0.15, 0.2) is 6.10 Å². The average Bonchev–Trinajstić information content (AvgIpc) is 3.41. The molecule has 78 heavy (non-hydrogen) atoms. The number of nitrogens with zero attached hydrogens (tertiary/aromatic N) is 1. The molecule has 0 amide bonds. The molecule has 0 aromatic carbocycles. The summed E-state index contributed by atoms with van der Waals surface area (Å²) in [6.07, 6.45) is 84.6. The Morgan fingerprint density at radius 2 is 0.731 bits per heavy atom. The lowest BCUT2D eigenvalue weighted by atomic mass is 10.1. The van der Waals surface area contributed by atoms with Crippen molar-refractivity contribution in [1.82, 2.24) is 0 Å². The van der Waals surface area contributed by atoms with Crippen molar-refractivity contribution in [2.24, 2.45) is 0 Å². The number of quaternary nitrogens is 1. The van der Waals surface area contributed by atoms with Crippen LogP contribution in [0.1, 0.15) is 219 Å². The summed E-state index contributed by atoms with van der Waals surface area (Å²) in [6.45, 7) is 4.05. The highest BCUT2D eigenvalue weighted by Crippen LogP contribution is 2.38. The number of phosphoric ester groups is 1. The van der Waals surface area contributed by atoms with Gasteiger partial charge in [0.2, 0.25) is 0 Å². The van der Waals surface area contributed by atoms with Gasteiger partial charge in [0.05, 0.1) is 27.7 Å². The first-order valence-electron chi connectivity index (χ1n) is 30.5. The van der Waals surface area contributed by atoms with Crippen LogP contribution in [0.5, 0.6) is 0 Å². The fourth-order valence-corrected chi connectivity index (χ4v) is 8.38. The molecule has 0 bridgehead atoms. The number of allylic oxidation sites excluding steroid dienone is 24. The number of unbranched alkanes of at least 4 members (excludes halogenated alkanes) is 16. The fraction of sp³-hybridized carbons (Fsp3) is 0.618. The minimum Gasteiger partial charge on any atom is -0.756 e. The molecule has 0 aliphatic rings. The van der Waals surface area contributed by atoms with Crippen LogP contribution in [0.2, 0.25) is 0 Å². The fourth-order valence-electron chi connectivity index (χ4n) is 7.65. The SMILES string of the molecule is CC/C=C\C/C=C\C/C=C\C/C=C\C/C=C\C/C=C\C/C=C\C/C=C\C/C=C\C/C=C\CCCCCCC(=O)OC(COC(=O)CCCCCCCCCCC/C=C\C/C=C\CCCCC)COP(=O)([O-])OCC[N+](C)(C)C. The topological polar surface area (TPSA) is 111 Å². The first-order valence-corrected chi connectivity index (χ1v) is 32.0. The third-order valence-electron chi connectivity index (χ3n) is 12.3. The van der Waals surface area contributed by atoms with Gasteiger partial charge in [-0.3, -0.25) is 14.2 Å². The van der Waals surface area contributed by atoms with E-state index in [4.69, 9.17) is 18.5 Å². The van der Waals surface area contributed by atoms with Gasteiger partial charge in [0.25, 0.3) is 7.82 Å². The van der Waals surface area contributed by atoms with Gasteiger partial charge in [-0.2, -0.15) is 0 Å².